The number of non-ortho nitro benzene ring substituents is 1. The monoisotopic (exact) mass is 458 g/mol. The van der Waals surface area contributed by atoms with E-state index in [1.54, 1.807) is 6.92 Å². The van der Waals surface area contributed by atoms with Crippen LogP contribution in [0.5, 0.6) is 0 Å². The van der Waals surface area contributed by atoms with Gasteiger partial charge in [0.15, 0.2) is 0 Å². The summed E-state index contributed by atoms with van der Waals surface area (Å²) < 4.78 is 0.949. The average molecular weight is 459 g/mol. The first-order chi connectivity index (χ1) is 13.9. The standard InChI is InChI=1S/C20H19BrN4O4/c1-13(14-4-8-16(21)9-5-14)22-23-19(26)18-3-2-12-24(18)20(27)15-6-10-17(11-7-15)25(28)29/h4-11,18H,2-3,12H2,1H3,(H,23,26). The number of hydrogen-bond acceptors (Lipinski definition) is 5. The van der Waals surface area contributed by atoms with Crippen LogP contribution in [0, 0.1) is 10.1 Å². The zero-order valence-corrected chi connectivity index (χ0v) is 17.3. The molecule has 0 saturated carbocycles. The van der Waals surface area contributed by atoms with Gasteiger partial charge in [-0.1, -0.05) is 28.1 Å². The molecule has 2 aromatic carbocycles. The zero-order chi connectivity index (χ0) is 21.0. The lowest BCUT2D eigenvalue weighted by molar-refractivity contribution is -0.384. The highest BCUT2D eigenvalue weighted by molar-refractivity contribution is 9.10. The van der Waals surface area contributed by atoms with Crippen molar-refractivity contribution in [2.24, 2.45) is 5.10 Å². The van der Waals surface area contributed by atoms with E-state index in [-0.39, 0.29) is 17.5 Å². The Bertz CT molecular complexity index is 957. The summed E-state index contributed by atoms with van der Waals surface area (Å²) in [6, 6.07) is 12.3. The summed E-state index contributed by atoms with van der Waals surface area (Å²) in [6.45, 7) is 2.24. The van der Waals surface area contributed by atoms with Crippen LogP contribution in [0.4, 0.5) is 5.69 Å². The van der Waals surface area contributed by atoms with Gasteiger partial charge in [0.2, 0.25) is 0 Å². The van der Waals surface area contributed by atoms with Gasteiger partial charge >= 0.3 is 0 Å². The molecule has 0 aromatic heterocycles. The number of amides is 2. The lowest BCUT2D eigenvalue weighted by Gasteiger charge is -2.23. The van der Waals surface area contributed by atoms with Gasteiger partial charge in [-0.05, 0) is 49.6 Å². The third kappa shape index (κ3) is 4.86. The van der Waals surface area contributed by atoms with Gasteiger partial charge in [-0.15, -0.1) is 0 Å². The summed E-state index contributed by atoms with van der Waals surface area (Å²) >= 11 is 3.37. The largest absolute Gasteiger partial charge is 0.327 e. The molecule has 1 aliphatic rings. The molecule has 2 amide bonds. The fraction of sp³-hybridized carbons (Fsp3) is 0.250. The molecule has 150 valence electrons. The van der Waals surface area contributed by atoms with Crippen LogP contribution in [0.15, 0.2) is 58.1 Å². The number of likely N-dealkylation sites (tertiary alicyclic amines) is 1. The van der Waals surface area contributed by atoms with Gasteiger partial charge in [0.25, 0.3) is 17.5 Å². The van der Waals surface area contributed by atoms with E-state index in [1.807, 2.05) is 24.3 Å². The zero-order valence-electron chi connectivity index (χ0n) is 15.7. The third-order valence-corrected chi connectivity index (χ3v) is 5.27. The van der Waals surface area contributed by atoms with Crippen molar-refractivity contribution < 1.29 is 14.5 Å². The van der Waals surface area contributed by atoms with E-state index < -0.39 is 11.0 Å². The fourth-order valence-corrected chi connectivity index (χ4v) is 3.41. The van der Waals surface area contributed by atoms with Crippen LogP contribution in [-0.4, -0.2) is 39.9 Å². The van der Waals surface area contributed by atoms with E-state index >= 15 is 0 Å². The van der Waals surface area contributed by atoms with Crippen LogP contribution in [0.2, 0.25) is 0 Å². The summed E-state index contributed by atoms with van der Waals surface area (Å²) in [7, 11) is 0. The molecule has 1 aliphatic heterocycles. The number of benzene rings is 2. The van der Waals surface area contributed by atoms with Crippen molar-refractivity contribution in [2.45, 2.75) is 25.8 Å². The normalized spacial score (nSPS) is 16.6. The Morgan fingerprint density at radius 1 is 1.14 bits per heavy atom. The van der Waals surface area contributed by atoms with Crippen LogP contribution in [-0.2, 0) is 4.79 Å². The van der Waals surface area contributed by atoms with Gasteiger partial charge < -0.3 is 4.90 Å². The molecule has 0 radical (unpaired) electrons. The maximum atomic E-state index is 12.8. The van der Waals surface area contributed by atoms with Gasteiger partial charge in [-0.3, -0.25) is 19.7 Å². The molecule has 0 bridgehead atoms. The Morgan fingerprint density at radius 2 is 1.76 bits per heavy atom. The fourth-order valence-electron chi connectivity index (χ4n) is 3.14. The lowest BCUT2D eigenvalue weighted by atomic mass is 10.1. The maximum Gasteiger partial charge on any atom is 0.269 e. The van der Waals surface area contributed by atoms with Crippen molar-refractivity contribution in [3.05, 3.63) is 74.2 Å². The summed E-state index contributed by atoms with van der Waals surface area (Å²) in [4.78, 5) is 37.1. The quantitative estimate of drug-likeness (QED) is 0.420. The van der Waals surface area contributed by atoms with Crippen molar-refractivity contribution in [1.29, 1.82) is 0 Å². The van der Waals surface area contributed by atoms with E-state index in [1.165, 1.54) is 29.2 Å². The van der Waals surface area contributed by atoms with Gasteiger partial charge in [-0.2, -0.15) is 5.10 Å². The minimum absolute atomic E-state index is 0.0879. The van der Waals surface area contributed by atoms with Gasteiger partial charge in [0, 0.05) is 28.7 Å². The Balaban J connectivity index is 1.68. The van der Waals surface area contributed by atoms with E-state index in [9.17, 15) is 19.7 Å². The summed E-state index contributed by atoms with van der Waals surface area (Å²) in [5.41, 5.74) is 4.30. The number of nitro benzene ring substituents is 1. The first-order valence-electron chi connectivity index (χ1n) is 9.02. The van der Waals surface area contributed by atoms with E-state index in [2.05, 4.69) is 26.5 Å². The second-order valence-corrected chi connectivity index (χ2v) is 7.56. The van der Waals surface area contributed by atoms with Crippen molar-refractivity contribution in [3.8, 4) is 0 Å². The van der Waals surface area contributed by atoms with Crippen LogP contribution in [0.1, 0.15) is 35.7 Å². The van der Waals surface area contributed by atoms with E-state index in [0.29, 0.717) is 30.7 Å². The molecule has 3 rings (SSSR count). The molecule has 2 aromatic rings. The SMILES string of the molecule is CC(=NNC(=O)C1CCCN1C(=O)c1ccc([N+](=O)[O-])cc1)c1ccc(Br)cc1. The van der Waals surface area contributed by atoms with Gasteiger partial charge in [-0.25, -0.2) is 5.43 Å². The van der Waals surface area contributed by atoms with Crippen molar-refractivity contribution >= 4 is 39.1 Å². The highest BCUT2D eigenvalue weighted by Crippen LogP contribution is 2.22. The molecule has 1 fully saturated rings. The first kappa shape index (κ1) is 20.7. The molecule has 0 spiro atoms. The summed E-state index contributed by atoms with van der Waals surface area (Å²) in [6.07, 6.45) is 1.24. The topological polar surface area (TPSA) is 105 Å². The Hall–Kier alpha value is -3.07. The predicted octanol–water partition coefficient (Wildman–Crippen LogP) is 3.50. The van der Waals surface area contributed by atoms with Crippen LogP contribution in [0.3, 0.4) is 0 Å². The lowest BCUT2D eigenvalue weighted by Crippen LogP contribution is -2.44. The minimum atomic E-state index is -0.626. The molecule has 1 atom stereocenters. The molecule has 9 heteroatoms. The van der Waals surface area contributed by atoms with Crippen LogP contribution < -0.4 is 5.43 Å². The molecule has 1 N–H and O–H groups in total. The highest BCUT2D eigenvalue weighted by atomic mass is 79.9. The number of nitrogens with zero attached hydrogens (tertiary/aromatic N) is 3. The second kappa shape index (κ2) is 8.95. The number of carbonyl (C=O) groups excluding carboxylic acids is 2. The molecule has 29 heavy (non-hydrogen) atoms. The van der Waals surface area contributed by atoms with E-state index in [0.717, 1.165) is 10.0 Å². The van der Waals surface area contributed by atoms with Crippen molar-refractivity contribution in [3.63, 3.8) is 0 Å². The first-order valence-corrected chi connectivity index (χ1v) is 9.81. The van der Waals surface area contributed by atoms with Crippen molar-refractivity contribution in [1.82, 2.24) is 10.3 Å². The maximum absolute atomic E-state index is 12.8. The number of nitro groups is 1. The predicted molar refractivity (Wildman–Crippen MR) is 112 cm³/mol. The highest BCUT2D eigenvalue weighted by Gasteiger charge is 2.34. The molecular weight excluding hydrogens is 440 g/mol. The number of rotatable bonds is 5. The minimum Gasteiger partial charge on any atom is -0.327 e. The molecule has 1 saturated heterocycles. The molecular formula is C20H19BrN4O4. The number of halogens is 1. The van der Waals surface area contributed by atoms with Crippen LogP contribution in [0.25, 0.3) is 0 Å². The van der Waals surface area contributed by atoms with Gasteiger partial charge in [0.05, 0.1) is 10.6 Å². The molecule has 1 unspecified atom stereocenters. The Labute approximate surface area is 175 Å². The molecule has 0 aliphatic carbocycles. The summed E-state index contributed by atoms with van der Waals surface area (Å²) in [5, 5.41) is 14.9. The smallest absolute Gasteiger partial charge is 0.269 e. The summed E-state index contributed by atoms with van der Waals surface area (Å²) in [5.74, 6) is -0.680. The van der Waals surface area contributed by atoms with Gasteiger partial charge in [0.1, 0.15) is 6.04 Å². The molecule has 8 nitrogen and oxygen atoms in total. The average Bonchev–Trinajstić information content (AvgIpc) is 3.21. The molecule has 1 heterocycles. The Kier molecular flexibility index (Phi) is 6.38. The number of nitrogens with one attached hydrogen (secondary N) is 1. The Morgan fingerprint density at radius 3 is 2.38 bits per heavy atom. The van der Waals surface area contributed by atoms with Crippen LogP contribution >= 0.6 is 15.9 Å². The number of hydrogen-bond donors (Lipinski definition) is 1. The third-order valence-electron chi connectivity index (χ3n) is 4.74. The number of hydrazone groups is 1. The van der Waals surface area contributed by atoms with Crippen molar-refractivity contribution in [2.75, 3.05) is 6.54 Å². The number of carbonyl (C=O) groups is 2. The van der Waals surface area contributed by atoms with E-state index in [4.69, 9.17) is 0 Å². The second-order valence-electron chi connectivity index (χ2n) is 6.64.